The molecule has 2 fully saturated rings. The van der Waals surface area contributed by atoms with E-state index in [9.17, 15) is 0 Å². The smallest absolute Gasteiger partial charge is 0.0921 e. The lowest BCUT2D eigenvalue weighted by Crippen LogP contribution is -2.28. The molecule has 2 aliphatic rings. The quantitative estimate of drug-likeness (QED) is 0.470. The molecule has 0 radical (unpaired) electrons. The summed E-state index contributed by atoms with van der Waals surface area (Å²) in [6.45, 7) is 5.75. The van der Waals surface area contributed by atoms with Gasteiger partial charge < -0.3 is 4.74 Å². The Morgan fingerprint density at radius 3 is 2.30 bits per heavy atom. The minimum absolute atomic E-state index is 0.363. The van der Waals surface area contributed by atoms with Gasteiger partial charge in [0.05, 0.1) is 12.2 Å². The van der Waals surface area contributed by atoms with Crippen molar-refractivity contribution < 1.29 is 4.74 Å². The third-order valence-electron chi connectivity index (χ3n) is 2.84. The molecule has 1 heterocycles. The van der Waals surface area contributed by atoms with Gasteiger partial charge >= 0.3 is 0 Å². The van der Waals surface area contributed by atoms with Gasteiger partial charge in [-0.05, 0) is 31.1 Å². The molecule has 1 atom stereocenters. The van der Waals surface area contributed by atoms with Crippen LogP contribution in [0, 0.1) is 5.41 Å². The maximum atomic E-state index is 5.47. The highest BCUT2D eigenvalue weighted by Crippen LogP contribution is 2.49. The normalized spacial score (nSPS) is 43.8. The first-order valence-electron chi connectivity index (χ1n) is 4.26. The molecule has 1 spiro atoms. The van der Waals surface area contributed by atoms with Gasteiger partial charge in [0.15, 0.2) is 0 Å². The van der Waals surface area contributed by atoms with Crippen LogP contribution in [0.2, 0.25) is 0 Å². The Morgan fingerprint density at radius 1 is 1.20 bits per heavy atom. The highest BCUT2D eigenvalue weighted by Gasteiger charge is 2.50. The molecule has 58 valence electrons. The summed E-state index contributed by atoms with van der Waals surface area (Å²) < 4.78 is 5.47. The molecule has 1 heteroatoms. The number of epoxide rings is 1. The Morgan fingerprint density at radius 2 is 1.90 bits per heavy atom. The molecule has 1 nitrogen and oxygen atoms in total. The van der Waals surface area contributed by atoms with E-state index in [1.807, 2.05) is 0 Å². The first-order chi connectivity index (χ1) is 4.62. The van der Waals surface area contributed by atoms with E-state index in [0.29, 0.717) is 11.0 Å². The molecule has 10 heavy (non-hydrogen) atoms. The van der Waals surface area contributed by atoms with E-state index in [1.165, 1.54) is 25.7 Å². The number of hydrogen-bond acceptors (Lipinski definition) is 1. The van der Waals surface area contributed by atoms with Crippen LogP contribution in [-0.2, 0) is 4.74 Å². The van der Waals surface area contributed by atoms with Gasteiger partial charge in [-0.15, -0.1) is 0 Å². The van der Waals surface area contributed by atoms with E-state index in [1.54, 1.807) is 0 Å². The van der Waals surface area contributed by atoms with Gasteiger partial charge in [0.1, 0.15) is 0 Å². The first kappa shape index (κ1) is 6.66. The van der Waals surface area contributed by atoms with E-state index in [4.69, 9.17) is 4.74 Å². The van der Waals surface area contributed by atoms with E-state index in [-0.39, 0.29) is 0 Å². The van der Waals surface area contributed by atoms with E-state index in [2.05, 4.69) is 13.8 Å². The average molecular weight is 140 g/mol. The molecule has 1 saturated heterocycles. The second-order valence-electron chi connectivity index (χ2n) is 4.67. The van der Waals surface area contributed by atoms with Crippen molar-refractivity contribution in [2.75, 3.05) is 6.61 Å². The Hall–Kier alpha value is -0.0400. The van der Waals surface area contributed by atoms with Crippen LogP contribution in [0.25, 0.3) is 0 Å². The average Bonchev–Trinajstić information content (AvgIpc) is 2.45. The highest BCUT2D eigenvalue weighted by molar-refractivity contribution is 4.99. The van der Waals surface area contributed by atoms with Gasteiger partial charge in [-0.3, -0.25) is 0 Å². The van der Waals surface area contributed by atoms with Crippen LogP contribution in [0.4, 0.5) is 0 Å². The highest BCUT2D eigenvalue weighted by atomic mass is 16.6. The minimum atomic E-state index is 0.363. The maximum Gasteiger partial charge on any atom is 0.0921 e. The van der Waals surface area contributed by atoms with Crippen LogP contribution in [0.1, 0.15) is 39.5 Å². The molecule has 0 N–H and O–H groups in total. The third kappa shape index (κ3) is 1.07. The molecule has 2 rings (SSSR count). The Balaban J connectivity index is 2.04. The molecule has 0 bridgehead atoms. The van der Waals surface area contributed by atoms with Crippen molar-refractivity contribution in [1.82, 2.24) is 0 Å². The molecule has 0 amide bonds. The van der Waals surface area contributed by atoms with Crippen molar-refractivity contribution in [3.63, 3.8) is 0 Å². The van der Waals surface area contributed by atoms with Crippen LogP contribution in [0.15, 0.2) is 0 Å². The zero-order valence-electron chi connectivity index (χ0n) is 6.94. The first-order valence-corrected chi connectivity index (χ1v) is 4.26. The molecule has 1 aliphatic heterocycles. The molecule has 1 aliphatic carbocycles. The van der Waals surface area contributed by atoms with Gasteiger partial charge in [-0.25, -0.2) is 0 Å². The van der Waals surface area contributed by atoms with Crippen LogP contribution in [0.5, 0.6) is 0 Å². The Kier molecular flexibility index (Phi) is 1.17. The zero-order chi connectivity index (χ0) is 7.24. The van der Waals surface area contributed by atoms with E-state index < -0.39 is 0 Å². The molecule has 1 saturated carbocycles. The monoisotopic (exact) mass is 140 g/mol. The fourth-order valence-corrected chi connectivity index (χ4v) is 2.29. The van der Waals surface area contributed by atoms with Crippen LogP contribution in [-0.4, -0.2) is 12.2 Å². The largest absolute Gasteiger partial charge is 0.370 e. The van der Waals surface area contributed by atoms with Gasteiger partial charge in [-0.1, -0.05) is 13.8 Å². The van der Waals surface area contributed by atoms with Gasteiger partial charge in [-0.2, -0.15) is 0 Å². The maximum absolute atomic E-state index is 5.47. The summed E-state index contributed by atoms with van der Waals surface area (Å²) in [5.41, 5.74) is 0.913. The van der Waals surface area contributed by atoms with E-state index >= 15 is 0 Å². The van der Waals surface area contributed by atoms with Crippen molar-refractivity contribution >= 4 is 0 Å². The Bertz CT molecular complexity index is 141. The number of ether oxygens (including phenoxy) is 1. The standard InChI is InChI=1S/C9H16O/c1-8(2)4-3-5-9(6-8)7-10-9/h3-7H2,1-2H3/t9-/m0/s1. The second kappa shape index (κ2) is 1.76. The topological polar surface area (TPSA) is 12.5 Å². The molecule has 0 unspecified atom stereocenters. The molecule has 0 aromatic rings. The second-order valence-corrected chi connectivity index (χ2v) is 4.67. The minimum Gasteiger partial charge on any atom is -0.370 e. The van der Waals surface area contributed by atoms with Crippen LogP contribution in [0.3, 0.4) is 0 Å². The van der Waals surface area contributed by atoms with Gasteiger partial charge in [0, 0.05) is 0 Å². The lowest BCUT2D eigenvalue weighted by molar-refractivity contribution is 0.135. The lowest BCUT2D eigenvalue weighted by atomic mass is 9.72. The summed E-state index contributed by atoms with van der Waals surface area (Å²) in [4.78, 5) is 0. The SMILES string of the molecule is CC1(C)CCC[C@@]2(CO2)C1. The van der Waals surface area contributed by atoms with Crippen molar-refractivity contribution in [2.24, 2.45) is 5.41 Å². The van der Waals surface area contributed by atoms with Crippen molar-refractivity contribution in [3.05, 3.63) is 0 Å². The lowest BCUT2D eigenvalue weighted by Gasteiger charge is -2.33. The fraction of sp³-hybridized carbons (Fsp3) is 1.00. The number of hydrogen-bond donors (Lipinski definition) is 0. The Labute approximate surface area is 62.8 Å². The molecule has 0 aromatic heterocycles. The fourth-order valence-electron chi connectivity index (χ4n) is 2.29. The zero-order valence-corrected chi connectivity index (χ0v) is 6.94. The van der Waals surface area contributed by atoms with Crippen molar-refractivity contribution in [3.8, 4) is 0 Å². The number of rotatable bonds is 0. The summed E-state index contributed by atoms with van der Waals surface area (Å²) in [6, 6.07) is 0. The molecule has 0 aromatic carbocycles. The third-order valence-corrected chi connectivity index (χ3v) is 2.84. The summed E-state index contributed by atoms with van der Waals surface area (Å²) in [5.74, 6) is 0. The predicted molar refractivity (Wildman–Crippen MR) is 40.9 cm³/mol. The van der Waals surface area contributed by atoms with E-state index in [0.717, 1.165) is 6.61 Å². The summed E-state index contributed by atoms with van der Waals surface area (Å²) >= 11 is 0. The van der Waals surface area contributed by atoms with Crippen LogP contribution >= 0.6 is 0 Å². The van der Waals surface area contributed by atoms with Crippen LogP contribution < -0.4 is 0 Å². The summed E-state index contributed by atoms with van der Waals surface area (Å²) in [6.07, 6.45) is 5.36. The van der Waals surface area contributed by atoms with Crippen molar-refractivity contribution in [2.45, 2.75) is 45.1 Å². The molecular formula is C9H16O. The summed E-state index contributed by atoms with van der Waals surface area (Å²) in [7, 11) is 0. The molecular weight excluding hydrogens is 124 g/mol. The summed E-state index contributed by atoms with van der Waals surface area (Å²) in [5, 5.41) is 0. The van der Waals surface area contributed by atoms with Gasteiger partial charge in [0.2, 0.25) is 0 Å². The van der Waals surface area contributed by atoms with Crippen molar-refractivity contribution in [1.29, 1.82) is 0 Å². The van der Waals surface area contributed by atoms with Gasteiger partial charge in [0.25, 0.3) is 0 Å². The predicted octanol–water partition coefficient (Wildman–Crippen LogP) is 2.36.